The van der Waals surface area contributed by atoms with Crippen molar-refractivity contribution < 1.29 is 22.7 Å². The monoisotopic (exact) mass is 408 g/mol. The Hall–Kier alpha value is -2.10. The Kier molecular flexibility index (Phi) is 5.07. The van der Waals surface area contributed by atoms with Crippen molar-refractivity contribution >= 4 is 27.3 Å². The number of fused-ring (bicyclic) bond motifs is 1. The Morgan fingerprint density at radius 3 is 2.81 bits per heavy atom. The summed E-state index contributed by atoms with van der Waals surface area (Å²) in [5.74, 6) is 0.689. The van der Waals surface area contributed by atoms with Crippen molar-refractivity contribution in [1.29, 1.82) is 0 Å². The van der Waals surface area contributed by atoms with Crippen LogP contribution in [0.4, 0.5) is 0 Å². The quantitative estimate of drug-likeness (QED) is 0.818. The van der Waals surface area contributed by atoms with Crippen molar-refractivity contribution in [2.75, 3.05) is 19.8 Å². The second-order valence-electron chi connectivity index (χ2n) is 6.38. The van der Waals surface area contributed by atoms with Crippen LogP contribution in [0.3, 0.4) is 0 Å². The van der Waals surface area contributed by atoms with E-state index < -0.39 is 16.1 Å². The lowest BCUT2D eigenvalue weighted by molar-refractivity contribution is -0.124. The Labute approximate surface area is 161 Å². The first-order valence-electron chi connectivity index (χ1n) is 8.77. The summed E-state index contributed by atoms with van der Waals surface area (Å²) >= 11 is 1.55. The Morgan fingerprint density at radius 1 is 1.22 bits per heavy atom. The molecule has 1 fully saturated rings. The summed E-state index contributed by atoms with van der Waals surface area (Å²) in [5, 5.41) is 4.79. The summed E-state index contributed by atoms with van der Waals surface area (Å²) < 4.78 is 38.5. The number of thiophene rings is 1. The first-order valence-corrected chi connectivity index (χ1v) is 11.1. The van der Waals surface area contributed by atoms with Gasteiger partial charge in [-0.15, -0.1) is 11.3 Å². The minimum absolute atomic E-state index is 0.115. The lowest BCUT2D eigenvalue weighted by Crippen LogP contribution is -2.45. The topological polar surface area (TPSA) is 84.9 Å². The molecule has 7 nitrogen and oxygen atoms in total. The molecule has 1 unspecified atom stereocenters. The molecule has 0 radical (unpaired) electrons. The number of amides is 1. The minimum Gasteiger partial charge on any atom is -0.486 e. The van der Waals surface area contributed by atoms with Crippen LogP contribution in [0, 0.1) is 0 Å². The molecule has 2 aromatic rings. The molecule has 1 aromatic heterocycles. The largest absolute Gasteiger partial charge is 0.486 e. The molecule has 1 saturated heterocycles. The lowest BCUT2D eigenvalue weighted by Gasteiger charge is -2.24. The van der Waals surface area contributed by atoms with Gasteiger partial charge < -0.3 is 14.8 Å². The molecule has 3 heterocycles. The number of rotatable bonds is 5. The molecule has 1 atom stereocenters. The van der Waals surface area contributed by atoms with Crippen molar-refractivity contribution in [3.05, 3.63) is 40.6 Å². The molecular weight excluding hydrogens is 388 g/mol. The smallest absolute Gasteiger partial charge is 0.243 e. The second kappa shape index (κ2) is 7.49. The molecule has 0 bridgehead atoms. The third-order valence-electron chi connectivity index (χ3n) is 4.64. The van der Waals surface area contributed by atoms with E-state index in [1.165, 1.54) is 16.4 Å². The van der Waals surface area contributed by atoms with Crippen molar-refractivity contribution in [1.82, 2.24) is 9.62 Å². The number of benzene rings is 1. The van der Waals surface area contributed by atoms with Crippen LogP contribution in [-0.2, 0) is 21.4 Å². The molecule has 27 heavy (non-hydrogen) atoms. The zero-order valence-electron chi connectivity index (χ0n) is 14.6. The number of carbonyl (C=O) groups is 1. The molecule has 144 valence electrons. The Morgan fingerprint density at radius 2 is 2.04 bits per heavy atom. The Bertz CT molecular complexity index is 927. The highest BCUT2D eigenvalue weighted by molar-refractivity contribution is 7.89. The maximum Gasteiger partial charge on any atom is 0.243 e. The summed E-state index contributed by atoms with van der Waals surface area (Å²) in [4.78, 5) is 13.7. The van der Waals surface area contributed by atoms with Gasteiger partial charge in [0.25, 0.3) is 0 Å². The van der Waals surface area contributed by atoms with E-state index in [2.05, 4.69) is 5.32 Å². The number of hydrogen-bond acceptors (Lipinski definition) is 6. The second-order valence-corrected chi connectivity index (χ2v) is 9.30. The fourth-order valence-electron chi connectivity index (χ4n) is 3.31. The van der Waals surface area contributed by atoms with Gasteiger partial charge in [-0.3, -0.25) is 4.79 Å². The number of nitrogens with one attached hydrogen (secondary N) is 1. The van der Waals surface area contributed by atoms with Crippen LogP contribution in [0.25, 0.3) is 0 Å². The molecule has 4 rings (SSSR count). The number of carbonyl (C=O) groups excluding carboxylic acids is 1. The summed E-state index contributed by atoms with van der Waals surface area (Å²) in [6.07, 6.45) is 1.17. The van der Waals surface area contributed by atoms with Gasteiger partial charge in [0.05, 0.1) is 11.4 Å². The van der Waals surface area contributed by atoms with Crippen LogP contribution < -0.4 is 14.8 Å². The van der Waals surface area contributed by atoms with Gasteiger partial charge in [-0.25, -0.2) is 8.42 Å². The number of ether oxygens (including phenoxy) is 2. The molecule has 1 amide bonds. The number of sulfonamides is 1. The first-order chi connectivity index (χ1) is 13.1. The highest BCUT2D eigenvalue weighted by Gasteiger charge is 2.39. The molecule has 1 N–H and O–H groups in total. The molecule has 9 heteroatoms. The molecule has 0 aliphatic carbocycles. The van der Waals surface area contributed by atoms with Gasteiger partial charge in [0.2, 0.25) is 15.9 Å². The third-order valence-corrected chi connectivity index (χ3v) is 7.42. The predicted molar refractivity (Wildman–Crippen MR) is 101 cm³/mol. The summed E-state index contributed by atoms with van der Waals surface area (Å²) in [6.45, 7) is 1.56. The van der Waals surface area contributed by atoms with Gasteiger partial charge in [0.1, 0.15) is 19.3 Å². The standard InChI is InChI=1S/C18H20N2O5S2/c21-18(19-12-13-3-2-10-26-13)15-4-1-7-20(15)27(22,23)14-5-6-16-17(11-14)25-9-8-24-16/h2-3,5-6,10-11,15H,1,4,7-9,12H2,(H,19,21). The van der Waals surface area contributed by atoms with E-state index in [-0.39, 0.29) is 10.8 Å². The van der Waals surface area contributed by atoms with Gasteiger partial charge >= 0.3 is 0 Å². The molecule has 2 aliphatic heterocycles. The van der Waals surface area contributed by atoms with Gasteiger partial charge in [0, 0.05) is 17.5 Å². The van der Waals surface area contributed by atoms with E-state index in [0.717, 1.165) is 4.88 Å². The SMILES string of the molecule is O=C(NCc1cccs1)C1CCCN1S(=O)(=O)c1ccc2c(c1)OCCO2. The van der Waals surface area contributed by atoms with E-state index in [0.29, 0.717) is 50.6 Å². The van der Waals surface area contributed by atoms with Crippen molar-refractivity contribution in [2.45, 2.75) is 30.3 Å². The number of nitrogens with zero attached hydrogens (tertiary/aromatic N) is 1. The third kappa shape index (κ3) is 3.67. The highest BCUT2D eigenvalue weighted by atomic mass is 32.2. The fraction of sp³-hybridized carbons (Fsp3) is 0.389. The van der Waals surface area contributed by atoms with Crippen LogP contribution in [0.5, 0.6) is 11.5 Å². The molecule has 2 aliphatic rings. The summed E-state index contributed by atoms with van der Waals surface area (Å²) in [5.41, 5.74) is 0. The fourth-order valence-corrected chi connectivity index (χ4v) is 5.63. The Balaban J connectivity index is 1.52. The maximum atomic E-state index is 13.1. The zero-order valence-corrected chi connectivity index (χ0v) is 16.2. The van der Waals surface area contributed by atoms with Gasteiger partial charge in [-0.2, -0.15) is 4.31 Å². The van der Waals surface area contributed by atoms with Gasteiger partial charge in [0.15, 0.2) is 11.5 Å². The molecule has 1 aromatic carbocycles. The van der Waals surface area contributed by atoms with Crippen LogP contribution in [0.2, 0.25) is 0 Å². The van der Waals surface area contributed by atoms with Crippen molar-refractivity contribution in [3.63, 3.8) is 0 Å². The lowest BCUT2D eigenvalue weighted by atomic mass is 10.2. The van der Waals surface area contributed by atoms with E-state index in [4.69, 9.17) is 9.47 Å². The molecular formula is C18H20N2O5S2. The highest BCUT2D eigenvalue weighted by Crippen LogP contribution is 2.34. The minimum atomic E-state index is -3.80. The van der Waals surface area contributed by atoms with Crippen LogP contribution in [0.1, 0.15) is 17.7 Å². The molecule has 0 saturated carbocycles. The van der Waals surface area contributed by atoms with Crippen LogP contribution >= 0.6 is 11.3 Å². The van der Waals surface area contributed by atoms with Gasteiger partial charge in [-0.05, 0) is 36.4 Å². The van der Waals surface area contributed by atoms with Crippen LogP contribution in [-0.4, -0.2) is 44.4 Å². The van der Waals surface area contributed by atoms with E-state index in [1.807, 2.05) is 17.5 Å². The average Bonchev–Trinajstić information content (AvgIpc) is 3.37. The maximum absolute atomic E-state index is 13.1. The molecule has 0 spiro atoms. The summed E-state index contributed by atoms with van der Waals surface area (Å²) in [6, 6.07) is 7.74. The normalized spacial score (nSPS) is 19.8. The summed E-state index contributed by atoms with van der Waals surface area (Å²) in [7, 11) is -3.80. The zero-order chi connectivity index (χ0) is 18.9. The van der Waals surface area contributed by atoms with Crippen molar-refractivity contribution in [3.8, 4) is 11.5 Å². The number of hydrogen-bond donors (Lipinski definition) is 1. The first kappa shape index (κ1) is 18.3. The van der Waals surface area contributed by atoms with Gasteiger partial charge in [-0.1, -0.05) is 6.07 Å². The average molecular weight is 409 g/mol. The van der Waals surface area contributed by atoms with Crippen LogP contribution in [0.15, 0.2) is 40.6 Å². The predicted octanol–water partition coefficient (Wildman–Crippen LogP) is 1.99. The van der Waals surface area contributed by atoms with E-state index in [9.17, 15) is 13.2 Å². The van der Waals surface area contributed by atoms with E-state index >= 15 is 0 Å². The van der Waals surface area contributed by atoms with E-state index in [1.54, 1.807) is 17.4 Å². The van der Waals surface area contributed by atoms with Crippen molar-refractivity contribution in [2.24, 2.45) is 0 Å².